The van der Waals surface area contributed by atoms with Crippen molar-refractivity contribution in [2.24, 2.45) is 5.41 Å². The average Bonchev–Trinajstić information content (AvgIpc) is 1.96. The Labute approximate surface area is 83.5 Å². The lowest BCUT2D eigenvalue weighted by molar-refractivity contribution is -0.0405. The van der Waals surface area contributed by atoms with Crippen LogP contribution in [0.4, 0.5) is 0 Å². The van der Waals surface area contributed by atoms with E-state index in [9.17, 15) is 5.11 Å². The summed E-state index contributed by atoms with van der Waals surface area (Å²) < 4.78 is 0. The molecule has 0 aliphatic carbocycles. The largest absolute Gasteiger partial charge is 0.390 e. The number of rotatable bonds is 6. The Morgan fingerprint density at radius 2 is 1.46 bits per heavy atom. The lowest BCUT2D eigenvalue weighted by atomic mass is 9.73. The van der Waals surface area contributed by atoms with Crippen LogP contribution in [0.2, 0.25) is 0 Å². The van der Waals surface area contributed by atoms with E-state index in [0.717, 1.165) is 6.42 Å². The lowest BCUT2D eigenvalue weighted by Gasteiger charge is -2.37. The van der Waals surface area contributed by atoms with E-state index in [1.54, 1.807) is 0 Å². The van der Waals surface area contributed by atoms with Crippen molar-refractivity contribution in [3.63, 3.8) is 0 Å². The summed E-state index contributed by atoms with van der Waals surface area (Å²) in [5.41, 5.74) is -0.514. The maximum atomic E-state index is 9.90. The van der Waals surface area contributed by atoms with Crippen LogP contribution in [0, 0.1) is 5.41 Å². The molecule has 0 saturated heterocycles. The first-order valence-corrected chi connectivity index (χ1v) is 5.53. The van der Waals surface area contributed by atoms with Crippen LogP contribution in [0.5, 0.6) is 0 Å². The first-order valence-electron chi connectivity index (χ1n) is 5.53. The maximum Gasteiger partial charge on any atom is 0.0642 e. The Kier molecular flexibility index (Phi) is 4.98. The van der Waals surface area contributed by atoms with Gasteiger partial charge in [0.15, 0.2) is 0 Å². The second kappa shape index (κ2) is 4.99. The van der Waals surface area contributed by atoms with Crippen molar-refractivity contribution in [2.75, 3.05) is 0 Å². The van der Waals surface area contributed by atoms with E-state index in [0.29, 0.717) is 0 Å². The first kappa shape index (κ1) is 13.0. The first-order chi connectivity index (χ1) is 5.81. The minimum Gasteiger partial charge on any atom is -0.390 e. The van der Waals surface area contributed by atoms with E-state index < -0.39 is 5.60 Å². The van der Waals surface area contributed by atoms with Gasteiger partial charge in [0, 0.05) is 0 Å². The molecule has 0 aromatic carbocycles. The summed E-state index contributed by atoms with van der Waals surface area (Å²) >= 11 is 0. The topological polar surface area (TPSA) is 20.2 Å². The summed E-state index contributed by atoms with van der Waals surface area (Å²) in [5.74, 6) is 0. The van der Waals surface area contributed by atoms with E-state index in [1.807, 2.05) is 13.8 Å². The summed E-state index contributed by atoms with van der Waals surface area (Å²) in [7, 11) is 0. The van der Waals surface area contributed by atoms with E-state index in [1.165, 1.54) is 25.7 Å². The lowest BCUT2D eigenvalue weighted by Crippen LogP contribution is -2.38. The Bertz CT molecular complexity index is 131. The number of hydrogen-bond acceptors (Lipinski definition) is 1. The van der Waals surface area contributed by atoms with Gasteiger partial charge >= 0.3 is 0 Å². The molecule has 0 rings (SSSR count). The molecule has 0 bridgehead atoms. The molecule has 13 heavy (non-hydrogen) atoms. The van der Waals surface area contributed by atoms with Gasteiger partial charge in [-0.15, -0.1) is 0 Å². The highest BCUT2D eigenvalue weighted by Gasteiger charge is 2.33. The summed E-state index contributed by atoms with van der Waals surface area (Å²) in [6.07, 6.45) is 6.27. The minimum atomic E-state index is -0.556. The summed E-state index contributed by atoms with van der Waals surface area (Å²) in [6.45, 7) is 10.3. The summed E-state index contributed by atoms with van der Waals surface area (Å²) in [4.78, 5) is 0. The molecular formula is C12H26O. The fourth-order valence-electron chi connectivity index (χ4n) is 1.30. The maximum absolute atomic E-state index is 9.90. The van der Waals surface area contributed by atoms with Crippen molar-refractivity contribution < 1.29 is 5.11 Å². The number of unbranched alkanes of at least 4 members (excludes halogenated alkanes) is 3. The zero-order chi connectivity index (χ0) is 10.5. The van der Waals surface area contributed by atoms with E-state index >= 15 is 0 Å². The standard InChI is InChI=1S/C12H26O/c1-6-7-8-9-10-11(2,3)12(4,5)13/h13H,6-10H2,1-5H3. The van der Waals surface area contributed by atoms with Gasteiger partial charge in [-0.1, -0.05) is 46.5 Å². The molecule has 0 aromatic rings. The number of hydrogen-bond donors (Lipinski definition) is 1. The molecular weight excluding hydrogens is 160 g/mol. The molecule has 0 fully saturated rings. The van der Waals surface area contributed by atoms with Gasteiger partial charge < -0.3 is 5.11 Å². The highest BCUT2D eigenvalue weighted by molar-refractivity contribution is 4.85. The SMILES string of the molecule is CCCCCCC(C)(C)C(C)(C)O. The Morgan fingerprint density at radius 1 is 0.923 bits per heavy atom. The predicted molar refractivity (Wildman–Crippen MR) is 58.8 cm³/mol. The molecule has 0 aromatic heterocycles. The Balaban J connectivity index is 3.77. The minimum absolute atomic E-state index is 0.0424. The van der Waals surface area contributed by atoms with Crippen molar-refractivity contribution in [1.29, 1.82) is 0 Å². The molecule has 1 heteroatoms. The van der Waals surface area contributed by atoms with Gasteiger partial charge in [-0.25, -0.2) is 0 Å². The fourth-order valence-corrected chi connectivity index (χ4v) is 1.30. The van der Waals surface area contributed by atoms with Crippen LogP contribution < -0.4 is 0 Å². The van der Waals surface area contributed by atoms with Gasteiger partial charge in [-0.05, 0) is 25.7 Å². The highest BCUT2D eigenvalue weighted by atomic mass is 16.3. The van der Waals surface area contributed by atoms with Crippen molar-refractivity contribution >= 4 is 0 Å². The van der Waals surface area contributed by atoms with Gasteiger partial charge in [-0.2, -0.15) is 0 Å². The molecule has 0 aliphatic heterocycles. The molecule has 0 atom stereocenters. The molecule has 1 nitrogen and oxygen atoms in total. The van der Waals surface area contributed by atoms with Crippen molar-refractivity contribution in [3.8, 4) is 0 Å². The summed E-state index contributed by atoms with van der Waals surface area (Å²) in [6, 6.07) is 0. The summed E-state index contributed by atoms with van der Waals surface area (Å²) in [5, 5.41) is 9.90. The van der Waals surface area contributed by atoms with Crippen molar-refractivity contribution in [3.05, 3.63) is 0 Å². The van der Waals surface area contributed by atoms with Gasteiger partial charge in [0.1, 0.15) is 0 Å². The van der Waals surface area contributed by atoms with E-state index in [4.69, 9.17) is 0 Å². The third kappa shape index (κ3) is 4.66. The van der Waals surface area contributed by atoms with Crippen LogP contribution >= 0.6 is 0 Å². The van der Waals surface area contributed by atoms with Gasteiger partial charge in [0.05, 0.1) is 5.60 Å². The fraction of sp³-hybridized carbons (Fsp3) is 1.00. The Hall–Kier alpha value is -0.0400. The molecule has 0 heterocycles. The molecule has 0 saturated carbocycles. The van der Waals surface area contributed by atoms with E-state index in [-0.39, 0.29) is 5.41 Å². The van der Waals surface area contributed by atoms with Crippen LogP contribution in [0.1, 0.15) is 66.7 Å². The molecule has 0 spiro atoms. The third-order valence-electron chi connectivity index (χ3n) is 3.31. The number of aliphatic hydroxyl groups is 1. The van der Waals surface area contributed by atoms with Crippen LogP contribution in [0.15, 0.2) is 0 Å². The molecule has 0 radical (unpaired) electrons. The van der Waals surface area contributed by atoms with Gasteiger partial charge in [0.25, 0.3) is 0 Å². The van der Waals surface area contributed by atoms with Crippen LogP contribution in [0.3, 0.4) is 0 Å². The third-order valence-corrected chi connectivity index (χ3v) is 3.31. The van der Waals surface area contributed by atoms with Gasteiger partial charge in [-0.3, -0.25) is 0 Å². The monoisotopic (exact) mass is 186 g/mol. The van der Waals surface area contributed by atoms with E-state index in [2.05, 4.69) is 20.8 Å². The van der Waals surface area contributed by atoms with Crippen molar-refractivity contribution in [2.45, 2.75) is 72.3 Å². The second-order valence-electron chi connectivity index (χ2n) is 5.25. The smallest absolute Gasteiger partial charge is 0.0642 e. The second-order valence-corrected chi connectivity index (χ2v) is 5.25. The van der Waals surface area contributed by atoms with Crippen LogP contribution in [0.25, 0.3) is 0 Å². The van der Waals surface area contributed by atoms with Crippen LogP contribution in [-0.2, 0) is 0 Å². The molecule has 1 N–H and O–H groups in total. The predicted octanol–water partition coefficient (Wildman–Crippen LogP) is 3.75. The Morgan fingerprint density at radius 3 is 1.85 bits per heavy atom. The molecule has 0 amide bonds. The van der Waals surface area contributed by atoms with Gasteiger partial charge in [0.2, 0.25) is 0 Å². The quantitative estimate of drug-likeness (QED) is 0.626. The van der Waals surface area contributed by atoms with Crippen molar-refractivity contribution in [1.82, 2.24) is 0 Å². The molecule has 0 aliphatic rings. The van der Waals surface area contributed by atoms with Crippen LogP contribution in [-0.4, -0.2) is 10.7 Å². The molecule has 80 valence electrons. The average molecular weight is 186 g/mol. The highest BCUT2D eigenvalue weighted by Crippen LogP contribution is 2.35. The zero-order valence-corrected chi connectivity index (χ0v) is 9.98. The zero-order valence-electron chi connectivity index (χ0n) is 9.98. The normalized spacial score (nSPS) is 13.4. The molecule has 0 unspecified atom stereocenters.